The maximum Gasteiger partial charge on any atom is 0.335 e. The summed E-state index contributed by atoms with van der Waals surface area (Å²) in [4.78, 5) is 41.0. The number of carbonyl (C=O) groups is 3. The Morgan fingerprint density at radius 3 is 2.50 bits per heavy atom. The van der Waals surface area contributed by atoms with Crippen molar-refractivity contribution in [3.8, 4) is 0 Å². The smallest absolute Gasteiger partial charge is 0.335 e. The van der Waals surface area contributed by atoms with Gasteiger partial charge in [-0.05, 0) is 111 Å². The van der Waals surface area contributed by atoms with Gasteiger partial charge in [-0.2, -0.15) is 0 Å². The molecule has 0 aromatic heterocycles. The average molecular weight is 521 g/mol. The third-order valence-electron chi connectivity index (χ3n) is 10.5. The van der Waals surface area contributed by atoms with Gasteiger partial charge in [-0.1, -0.05) is 36.7 Å². The van der Waals surface area contributed by atoms with Crippen molar-refractivity contribution in [3.63, 3.8) is 0 Å². The molecule has 7 heteroatoms. The summed E-state index contributed by atoms with van der Waals surface area (Å²) < 4.78 is 0. The first-order valence-corrected chi connectivity index (χ1v) is 14.1. The normalized spacial score (nSPS) is 34.9. The fourth-order valence-corrected chi connectivity index (χ4v) is 8.50. The van der Waals surface area contributed by atoms with Crippen molar-refractivity contribution in [1.82, 2.24) is 5.32 Å². The molecule has 1 aromatic rings. The van der Waals surface area contributed by atoms with Crippen molar-refractivity contribution < 1.29 is 24.3 Å². The topological polar surface area (TPSA) is 105 Å². The number of allylic oxidation sites excluding steroid dienone is 2. The molecule has 1 aromatic carbocycles. The number of carbonyl (C=O) groups excluding carboxylic acids is 2. The molecule has 4 aliphatic rings. The van der Waals surface area contributed by atoms with Gasteiger partial charge >= 0.3 is 5.97 Å². The molecule has 0 radical (unpaired) electrons. The van der Waals surface area contributed by atoms with E-state index in [0.717, 1.165) is 43.4 Å². The number of hydrogen-bond donors (Lipinski definition) is 2. The molecule has 0 bridgehead atoms. The van der Waals surface area contributed by atoms with Crippen LogP contribution in [0.5, 0.6) is 0 Å². The van der Waals surface area contributed by atoms with Crippen LogP contribution in [0, 0.1) is 34.5 Å². The van der Waals surface area contributed by atoms with Crippen molar-refractivity contribution in [2.24, 2.45) is 39.7 Å². The molecule has 0 saturated heterocycles. The minimum Gasteiger partial charge on any atom is -0.478 e. The van der Waals surface area contributed by atoms with Gasteiger partial charge in [-0.3, -0.25) is 9.59 Å². The first kappa shape index (κ1) is 26.6. The first-order valence-electron chi connectivity index (χ1n) is 14.1. The van der Waals surface area contributed by atoms with Crippen molar-refractivity contribution in [2.75, 3.05) is 6.61 Å². The molecule has 7 nitrogen and oxygen atoms in total. The summed E-state index contributed by atoms with van der Waals surface area (Å²) in [6, 6.07) is 6.41. The van der Waals surface area contributed by atoms with E-state index in [0.29, 0.717) is 30.1 Å². The van der Waals surface area contributed by atoms with Crippen LogP contribution in [-0.2, 0) is 21.0 Å². The number of carboxylic acids is 1. The highest BCUT2D eigenvalue weighted by atomic mass is 16.6. The SMILES string of the molecule is CC(=O)[C@@H]1CC[C@@H]2[C@H]3CCC4=CC(=NOCC(=O)NCc5ccc(C(=O)O)cc5)CC[C@]4(C)[C@H]3CC[C@@]21C. The maximum absolute atomic E-state index is 12.4. The van der Waals surface area contributed by atoms with E-state index in [4.69, 9.17) is 9.94 Å². The molecule has 1 amide bonds. The summed E-state index contributed by atoms with van der Waals surface area (Å²) >= 11 is 0. The number of benzene rings is 1. The average Bonchev–Trinajstić information content (AvgIpc) is 3.25. The highest BCUT2D eigenvalue weighted by Gasteiger charge is 2.59. The van der Waals surface area contributed by atoms with Gasteiger partial charge in [0.1, 0.15) is 5.78 Å². The third-order valence-corrected chi connectivity index (χ3v) is 10.5. The van der Waals surface area contributed by atoms with Crippen LogP contribution in [0.1, 0.15) is 88.1 Å². The van der Waals surface area contributed by atoms with Crippen LogP contribution >= 0.6 is 0 Å². The predicted octanol–water partition coefficient (Wildman–Crippen LogP) is 5.54. The minimum atomic E-state index is -0.975. The number of nitrogens with zero attached hydrogens (tertiary/aromatic N) is 1. The monoisotopic (exact) mass is 520 g/mol. The van der Waals surface area contributed by atoms with E-state index in [1.165, 1.54) is 37.0 Å². The number of rotatable bonds is 7. The fourth-order valence-electron chi connectivity index (χ4n) is 8.50. The van der Waals surface area contributed by atoms with Crippen molar-refractivity contribution in [3.05, 3.63) is 47.0 Å². The highest BCUT2D eigenvalue weighted by molar-refractivity contribution is 5.96. The number of carboxylic acid groups (broad SMARTS) is 1. The van der Waals surface area contributed by atoms with Gasteiger partial charge in [0, 0.05) is 12.5 Å². The molecule has 3 fully saturated rings. The van der Waals surface area contributed by atoms with Crippen LogP contribution in [-0.4, -0.2) is 35.1 Å². The van der Waals surface area contributed by atoms with Crippen LogP contribution in [0.3, 0.4) is 0 Å². The van der Waals surface area contributed by atoms with Crippen LogP contribution in [0.4, 0.5) is 0 Å². The molecule has 0 heterocycles. The Bertz CT molecular complexity index is 1170. The van der Waals surface area contributed by atoms with E-state index < -0.39 is 5.97 Å². The largest absolute Gasteiger partial charge is 0.478 e. The Morgan fingerprint density at radius 2 is 1.79 bits per heavy atom. The van der Waals surface area contributed by atoms with Gasteiger partial charge in [0.15, 0.2) is 6.61 Å². The zero-order chi connectivity index (χ0) is 27.1. The summed E-state index contributed by atoms with van der Waals surface area (Å²) in [6.07, 6.45) is 11.0. The summed E-state index contributed by atoms with van der Waals surface area (Å²) in [7, 11) is 0. The lowest BCUT2D eigenvalue weighted by Gasteiger charge is -2.58. The number of ketones is 1. The summed E-state index contributed by atoms with van der Waals surface area (Å²) in [5, 5.41) is 16.1. The highest BCUT2D eigenvalue weighted by Crippen LogP contribution is 2.66. The second-order valence-corrected chi connectivity index (χ2v) is 12.4. The molecule has 3 saturated carbocycles. The van der Waals surface area contributed by atoms with Gasteiger partial charge in [-0.25, -0.2) is 4.79 Å². The number of hydrogen-bond acceptors (Lipinski definition) is 5. The molecule has 2 N–H and O–H groups in total. The Hall–Kier alpha value is -2.96. The number of aromatic carboxylic acids is 1. The van der Waals surface area contributed by atoms with Gasteiger partial charge in [0.05, 0.1) is 11.3 Å². The molecule has 5 rings (SSSR count). The molecule has 0 aliphatic heterocycles. The number of amides is 1. The first-order chi connectivity index (χ1) is 18.1. The molecular weight excluding hydrogens is 480 g/mol. The van der Waals surface area contributed by atoms with Crippen LogP contribution in [0.25, 0.3) is 0 Å². The molecule has 0 spiro atoms. The molecule has 0 unspecified atom stereocenters. The van der Waals surface area contributed by atoms with Crippen LogP contribution in [0.15, 0.2) is 41.1 Å². The Labute approximate surface area is 225 Å². The summed E-state index contributed by atoms with van der Waals surface area (Å²) in [6.45, 7) is 6.79. The molecule has 4 aliphatic carbocycles. The number of fused-ring (bicyclic) bond motifs is 5. The van der Waals surface area contributed by atoms with E-state index in [9.17, 15) is 14.4 Å². The van der Waals surface area contributed by atoms with E-state index in [1.807, 2.05) is 0 Å². The third kappa shape index (κ3) is 4.80. The molecule has 38 heavy (non-hydrogen) atoms. The molecule has 204 valence electrons. The number of Topliss-reactive ketones (excluding diaryl/α,β-unsaturated/α-hetero) is 1. The van der Waals surface area contributed by atoms with E-state index in [-0.39, 0.29) is 34.8 Å². The van der Waals surface area contributed by atoms with E-state index >= 15 is 0 Å². The number of oxime groups is 1. The quantitative estimate of drug-likeness (QED) is 0.459. The van der Waals surface area contributed by atoms with E-state index in [2.05, 4.69) is 30.4 Å². The maximum atomic E-state index is 12.4. The predicted molar refractivity (Wildman–Crippen MR) is 145 cm³/mol. The van der Waals surface area contributed by atoms with Crippen LogP contribution in [0.2, 0.25) is 0 Å². The lowest BCUT2D eigenvalue weighted by Crippen LogP contribution is -2.51. The van der Waals surface area contributed by atoms with Gasteiger partial charge in [-0.15, -0.1) is 0 Å². The molecule has 6 atom stereocenters. The van der Waals surface area contributed by atoms with E-state index in [1.54, 1.807) is 19.1 Å². The summed E-state index contributed by atoms with van der Waals surface area (Å²) in [5.41, 5.74) is 3.79. The van der Waals surface area contributed by atoms with Crippen molar-refractivity contribution in [1.29, 1.82) is 0 Å². The van der Waals surface area contributed by atoms with Gasteiger partial charge in [0.25, 0.3) is 5.91 Å². The number of nitrogens with one attached hydrogen (secondary N) is 1. The minimum absolute atomic E-state index is 0.153. The standard InChI is InChI=1S/C31H40N2O5/c1-19(34)25-10-11-26-24-9-8-22-16-23(12-14-30(22,2)27(24)13-15-31(25,26)3)33-38-18-28(35)32-17-20-4-6-21(7-5-20)29(36)37/h4-7,16,24-27H,8-15,17-18H2,1-3H3,(H,32,35)(H,36,37)/t24-,25+,26-,27+,30+,31-/m1/s1. The lowest BCUT2D eigenvalue weighted by molar-refractivity contribution is -0.128. The Morgan fingerprint density at radius 1 is 1.03 bits per heavy atom. The molecular formula is C31H40N2O5. The van der Waals surface area contributed by atoms with Crippen molar-refractivity contribution >= 4 is 23.4 Å². The summed E-state index contributed by atoms with van der Waals surface area (Å²) in [5.74, 6) is 1.44. The zero-order valence-electron chi connectivity index (χ0n) is 22.8. The van der Waals surface area contributed by atoms with Gasteiger partial charge in [0.2, 0.25) is 0 Å². The second kappa shape index (κ2) is 10.3. The van der Waals surface area contributed by atoms with Gasteiger partial charge < -0.3 is 15.3 Å². The Kier molecular flexibility index (Phi) is 7.23. The zero-order valence-corrected chi connectivity index (χ0v) is 22.8. The second-order valence-electron chi connectivity index (χ2n) is 12.4. The Balaban J connectivity index is 1.16. The lowest BCUT2D eigenvalue weighted by atomic mass is 9.46. The fraction of sp³-hybridized carbons (Fsp3) is 0.613. The van der Waals surface area contributed by atoms with Crippen LogP contribution < -0.4 is 5.32 Å². The van der Waals surface area contributed by atoms with Crippen molar-refractivity contribution in [2.45, 2.75) is 78.7 Å².